The highest BCUT2D eigenvalue weighted by molar-refractivity contribution is 6.74. The van der Waals surface area contributed by atoms with E-state index in [1.54, 1.807) is 33.9 Å². The number of ether oxygens (including phenoxy) is 1. The molecule has 2 heterocycles. The van der Waals surface area contributed by atoms with Crippen LogP contribution in [0.3, 0.4) is 0 Å². The molecule has 18 heteroatoms. The second-order valence-electron chi connectivity index (χ2n) is 11.5. The van der Waals surface area contributed by atoms with Gasteiger partial charge in [0.15, 0.2) is 26.1 Å². The van der Waals surface area contributed by atoms with Crippen LogP contribution in [0.1, 0.15) is 50.6 Å². The molecule has 44 heavy (non-hydrogen) atoms. The van der Waals surface area contributed by atoms with Gasteiger partial charge < -0.3 is 9.16 Å². The van der Waals surface area contributed by atoms with Crippen molar-refractivity contribution in [2.75, 3.05) is 6.61 Å². The fourth-order valence-electron chi connectivity index (χ4n) is 3.75. The van der Waals surface area contributed by atoms with Crippen LogP contribution < -0.4 is 5.69 Å². The molecule has 3 rings (SSSR count). The summed E-state index contributed by atoms with van der Waals surface area (Å²) in [5.41, 5.74) is -0.735. The smallest absolute Gasteiger partial charge is 0.415 e. The van der Waals surface area contributed by atoms with Crippen LogP contribution in [-0.2, 0) is 28.8 Å². The van der Waals surface area contributed by atoms with Gasteiger partial charge in [-0.15, -0.1) is 5.10 Å². The van der Waals surface area contributed by atoms with Gasteiger partial charge >= 0.3 is 24.0 Å². The maximum Gasteiger partial charge on any atom is 0.415 e. The molecule has 1 atom stereocenters. The van der Waals surface area contributed by atoms with Gasteiger partial charge in [0.05, 0.1) is 26.1 Å². The van der Waals surface area contributed by atoms with Gasteiger partial charge in [-0.25, -0.2) is 23.9 Å². The zero-order valence-electron chi connectivity index (χ0n) is 24.9. The van der Waals surface area contributed by atoms with E-state index in [0.717, 1.165) is 9.25 Å². The van der Waals surface area contributed by atoms with Crippen molar-refractivity contribution in [2.24, 2.45) is 0 Å². The van der Waals surface area contributed by atoms with Gasteiger partial charge in [-0.3, -0.25) is 4.57 Å². The zero-order valence-corrected chi connectivity index (χ0v) is 26.6. The summed E-state index contributed by atoms with van der Waals surface area (Å²) < 4.78 is 94.5. The Bertz CT molecular complexity index is 1510. The third kappa shape index (κ3) is 8.71. The van der Waals surface area contributed by atoms with E-state index in [-0.39, 0.29) is 23.8 Å². The topological polar surface area (TPSA) is 106 Å². The highest BCUT2D eigenvalue weighted by Gasteiger charge is 2.48. The van der Waals surface area contributed by atoms with Crippen molar-refractivity contribution in [3.63, 3.8) is 0 Å². The van der Waals surface area contributed by atoms with E-state index >= 15 is 0 Å². The second kappa shape index (κ2) is 13.0. The molecule has 0 aliphatic heterocycles. The van der Waals surface area contributed by atoms with Gasteiger partial charge in [-0.1, -0.05) is 32.4 Å². The van der Waals surface area contributed by atoms with Crippen LogP contribution in [0.25, 0.3) is 11.4 Å². The van der Waals surface area contributed by atoms with Crippen LogP contribution in [0.5, 0.6) is 0 Å². The molecule has 1 aromatic carbocycles. The molecular weight excluding hydrogens is 638 g/mol. The Hall–Kier alpha value is -3.18. The SMILES string of the molecule is CCOC(=O)c1nc(Cn2nc(-c3ccc(Cl)cc3)n(CC(O[Si](C)(C)C(C)(C)C)C(F)(F)F)c2=O)nn1CCC(F)(F)F. The number of carbonyl (C=O) groups is 1. The van der Waals surface area contributed by atoms with E-state index in [2.05, 4.69) is 15.2 Å². The van der Waals surface area contributed by atoms with Gasteiger partial charge in [0.1, 0.15) is 6.54 Å². The Balaban J connectivity index is 2.09. The lowest BCUT2D eigenvalue weighted by molar-refractivity contribution is -0.202. The Labute approximate surface area is 255 Å². The van der Waals surface area contributed by atoms with Crippen LogP contribution in [0.4, 0.5) is 26.3 Å². The van der Waals surface area contributed by atoms with Gasteiger partial charge in [0.2, 0.25) is 5.82 Å². The molecule has 0 N–H and O–H groups in total. The Morgan fingerprint density at radius 3 is 2.16 bits per heavy atom. The van der Waals surface area contributed by atoms with Crippen molar-refractivity contribution in [3.05, 3.63) is 51.4 Å². The number of esters is 1. The summed E-state index contributed by atoms with van der Waals surface area (Å²) in [6.07, 6.45) is -13.1. The summed E-state index contributed by atoms with van der Waals surface area (Å²) in [4.78, 5) is 29.9. The highest BCUT2D eigenvalue weighted by atomic mass is 35.5. The third-order valence-corrected chi connectivity index (χ3v) is 11.8. The molecule has 0 bridgehead atoms. The highest BCUT2D eigenvalue weighted by Crippen LogP contribution is 2.40. The molecule has 3 aromatic rings. The van der Waals surface area contributed by atoms with Crippen molar-refractivity contribution < 1.29 is 40.3 Å². The summed E-state index contributed by atoms with van der Waals surface area (Å²) >= 11 is 5.98. The molecule has 0 spiro atoms. The maximum atomic E-state index is 14.3. The first-order valence-electron chi connectivity index (χ1n) is 13.5. The van der Waals surface area contributed by atoms with E-state index in [0.29, 0.717) is 9.70 Å². The van der Waals surface area contributed by atoms with Crippen LogP contribution in [0, 0.1) is 0 Å². The van der Waals surface area contributed by atoms with Gasteiger partial charge in [0.25, 0.3) is 0 Å². The lowest BCUT2D eigenvalue weighted by Crippen LogP contribution is -2.50. The summed E-state index contributed by atoms with van der Waals surface area (Å²) in [5, 5.41) is 7.91. The minimum Gasteiger partial charge on any atom is -0.460 e. The van der Waals surface area contributed by atoms with Gasteiger partial charge in [0, 0.05) is 10.6 Å². The van der Waals surface area contributed by atoms with Crippen LogP contribution in [-0.4, -0.2) is 68.5 Å². The van der Waals surface area contributed by atoms with E-state index in [4.69, 9.17) is 20.8 Å². The number of hydrogen-bond donors (Lipinski definition) is 0. The molecule has 244 valence electrons. The number of nitrogens with zero attached hydrogens (tertiary/aromatic N) is 6. The molecule has 0 saturated carbocycles. The Morgan fingerprint density at radius 2 is 1.64 bits per heavy atom. The average Bonchev–Trinajstić information content (AvgIpc) is 3.42. The molecule has 0 amide bonds. The van der Waals surface area contributed by atoms with E-state index < -0.39 is 75.4 Å². The van der Waals surface area contributed by atoms with Crippen LogP contribution in [0.2, 0.25) is 23.2 Å². The van der Waals surface area contributed by atoms with Gasteiger partial charge in [-0.05, 0) is 49.3 Å². The number of aryl methyl sites for hydroxylation is 1. The summed E-state index contributed by atoms with van der Waals surface area (Å²) in [7, 11) is -2.98. The first kappa shape index (κ1) is 35.3. The van der Waals surface area contributed by atoms with Crippen LogP contribution in [0.15, 0.2) is 29.1 Å². The molecule has 1 unspecified atom stereocenters. The monoisotopic (exact) mass is 670 g/mol. The standard InChI is InChI=1S/C26H33ClF6N6O4Si/c1-7-42-22(40)21-34-19(35-38(21)13-12-25(28,29)30)15-39-23(41)37(20(36-39)16-8-10-17(27)11-9-16)14-18(26(31,32)33)43-44(5,6)24(2,3)4/h8-11,18H,7,12-15H2,1-6H3. The molecule has 0 fully saturated rings. The predicted molar refractivity (Wildman–Crippen MR) is 151 cm³/mol. The lowest BCUT2D eigenvalue weighted by Gasteiger charge is -2.39. The molecular formula is C26H33ClF6N6O4Si. The lowest BCUT2D eigenvalue weighted by atomic mass is 10.2. The molecule has 0 radical (unpaired) electrons. The van der Waals surface area contributed by atoms with E-state index in [1.165, 1.54) is 31.2 Å². The molecule has 0 aliphatic carbocycles. The van der Waals surface area contributed by atoms with Crippen molar-refractivity contribution in [2.45, 2.75) is 90.3 Å². The normalized spacial score (nSPS) is 13.8. The minimum absolute atomic E-state index is 0.0913. The van der Waals surface area contributed by atoms with Crippen molar-refractivity contribution >= 4 is 25.9 Å². The number of halogens is 7. The third-order valence-electron chi connectivity index (χ3n) is 7.05. The number of hydrogen-bond acceptors (Lipinski definition) is 7. The van der Waals surface area contributed by atoms with Crippen molar-refractivity contribution in [1.82, 2.24) is 29.1 Å². The number of alkyl halides is 6. The fraction of sp³-hybridized carbons (Fsp3) is 0.577. The number of aromatic nitrogens is 6. The Morgan fingerprint density at radius 1 is 1.02 bits per heavy atom. The molecule has 10 nitrogen and oxygen atoms in total. The molecule has 0 aliphatic rings. The van der Waals surface area contributed by atoms with Crippen molar-refractivity contribution in [1.29, 1.82) is 0 Å². The van der Waals surface area contributed by atoms with Crippen LogP contribution >= 0.6 is 11.6 Å². The zero-order chi connectivity index (χ0) is 33.3. The second-order valence-corrected chi connectivity index (χ2v) is 16.6. The largest absolute Gasteiger partial charge is 0.460 e. The summed E-state index contributed by atoms with van der Waals surface area (Å²) in [5.74, 6) is -2.00. The first-order valence-corrected chi connectivity index (χ1v) is 16.8. The molecule has 2 aromatic heterocycles. The number of rotatable bonds is 11. The van der Waals surface area contributed by atoms with E-state index in [9.17, 15) is 35.9 Å². The van der Waals surface area contributed by atoms with E-state index in [1.807, 2.05) is 0 Å². The number of carbonyl (C=O) groups excluding carboxylic acids is 1. The van der Waals surface area contributed by atoms with Gasteiger partial charge in [-0.2, -0.15) is 31.4 Å². The Kier molecular flexibility index (Phi) is 10.5. The molecule has 0 saturated heterocycles. The summed E-state index contributed by atoms with van der Waals surface area (Å²) in [6, 6.07) is 5.86. The number of benzene rings is 1. The fourth-order valence-corrected chi connectivity index (χ4v) is 5.15. The van der Waals surface area contributed by atoms with Crippen molar-refractivity contribution in [3.8, 4) is 11.4 Å². The predicted octanol–water partition coefficient (Wildman–Crippen LogP) is 6.09. The summed E-state index contributed by atoms with van der Waals surface area (Å²) in [6.45, 7) is 7.77. The average molecular weight is 671 g/mol. The first-order chi connectivity index (χ1) is 20.1. The maximum absolute atomic E-state index is 14.3. The minimum atomic E-state index is -4.85. The quantitative estimate of drug-likeness (QED) is 0.138.